The van der Waals surface area contributed by atoms with Crippen LogP contribution in [-0.2, 0) is 24.1 Å². The van der Waals surface area contributed by atoms with E-state index in [0.717, 1.165) is 16.7 Å². The van der Waals surface area contributed by atoms with E-state index in [1.54, 1.807) is 36.4 Å². The molecule has 1 saturated heterocycles. The Morgan fingerprint density at radius 1 is 0.935 bits per heavy atom. The molecule has 3 heterocycles. The highest BCUT2D eigenvalue weighted by Crippen LogP contribution is 2.51. The molecule has 1 aliphatic rings. The van der Waals surface area contributed by atoms with Gasteiger partial charge in [0.2, 0.25) is 5.95 Å². The van der Waals surface area contributed by atoms with Gasteiger partial charge in [0.05, 0.1) is 58.6 Å². The van der Waals surface area contributed by atoms with Crippen LogP contribution in [0.15, 0.2) is 95.0 Å². The van der Waals surface area contributed by atoms with Crippen LogP contribution in [0.4, 0.5) is 5.95 Å². The highest BCUT2D eigenvalue weighted by molar-refractivity contribution is 7.44. The quantitative estimate of drug-likeness (QED) is 0.0284. The van der Waals surface area contributed by atoms with E-state index >= 15 is 0 Å². The number of aromatic nitrogens is 4. The van der Waals surface area contributed by atoms with Gasteiger partial charge in [0.1, 0.15) is 29.3 Å². The standard InChI is InChI=1S/C45H58N9O7P/c1-30(2)54(31(3)4)62(59-26-14-25-46)61-40-37(60-43(39(40)52(7)8)53-29-47-38-41(53)49-44(50-42(38)55)48-28-51(5)6)27-58-45(32-15-12-11-13-16-32,33-17-21-35(56-9)22-18-33)34-19-23-36(57-10)24-20-34/h11-13,15-24,28-31,37,39-40,43H,14,26-27H2,1-10H3,(H,49,50,55)/b48-28+/t37-,39-,40-,43-,62?/m1/s1. The summed E-state index contributed by atoms with van der Waals surface area (Å²) >= 11 is 0. The predicted molar refractivity (Wildman–Crippen MR) is 240 cm³/mol. The SMILES string of the molecule is COc1ccc(C(OC[C@H]2O[C@@H](n3cnc4c(=O)[nH]c(/N=C/N(C)C)nc43)[C@H](N(C)C)[C@@H]2OP(OCCC#N)N(C(C)C)C(C)C)(c2ccccc2)c2ccc(OC)cc2)cc1. The number of fused-ring (bicyclic) bond motifs is 1. The molecule has 62 heavy (non-hydrogen) atoms. The molecular weight excluding hydrogens is 810 g/mol. The van der Waals surface area contributed by atoms with Gasteiger partial charge in [0, 0.05) is 26.2 Å². The lowest BCUT2D eigenvalue weighted by Gasteiger charge is -2.40. The summed E-state index contributed by atoms with van der Waals surface area (Å²) in [6, 6.07) is 27.6. The summed E-state index contributed by atoms with van der Waals surface area (Å²) in [7, 11) is 9.10. The van der Waals surface area contributed by atoms with Crippen molar-refractivity contribution in [1.82, 2.24) is 34.0 Å². The molecule has 0 bridgehead atoms. The lowest BCUT2D eigenvalue weighted by Crippen LogP contribution is -2.46. The second-order valence-corrected chi connectivity index (χ2v) is 17.3. The average molecular weight is 868 g/mol. The number of rotatable bonds is 20. The van der Waals surface area contributed by atoms with Crippen LogP contribution < -0.4 is 15.0 Å². The van der Waals surface area contributed by atoms with E-state index in [1.807, 2.05) is 112 Å². The first-order valence-electron chi connectivity index (χ1n) is 20.6. The molecule has 1 aliphatic heterocycles. The molecule has 0 radical (unpaired) electrons. The van der Waals surface area contributed by atoms with Crippen molar-refractivity contribution < 1.29 is 28.0 Å². The van der Waals surface area contributed by atoms with Gasteiger partial charge in [0.25, 0.3) is 14.1 Å². The van der Waals surface area contributed by atoms with Crippen molar-refractivity contribution in [2.24, 2.45) is 4.99 Å². The second kappa shape index (κ2) is 20.8. The number of hydrogen-bond acceptors (Lipinski definition) is 13. The molecule has 1 unspecified atom stereocenters. The molecule has 0 saturated carbocycles. The number of H-pyrrole nitrogens is 1. The zero-order valence-corrected chi connectivity index (χ0v) is 38.0. The van der Waals surface area contributed by atoms with Crippen molar-refractivity contribution >= 4 is 32.0 Å². The molecule has 330 valence electrons. The molecule has 1 fully saturated rings. The maximum Gasteiger partial charge on any atom is 0.280 e. The van der Waals surface area contributed by atoms with Crippen LogP contribution in [0.5, 0.6) is 11.5 Å². The molecule has 0 amide bonds. The zero-order valence-electron chi connectivity index (χ0n) is 37.1. The van der Waals surface area contributed by atoms with Gasteiger partial charge in [-0.3, -0.25) is 19.2 Å². The van der Waals surface area contributed by atoms with Gasteiger partial charge < -0.3 is 32.9 Å². The maximum atomic E-state index is 13.4. The van der Waals surface area contributed by atoms with Crippen LogP contribution in [-0.4, -0.2) is 126 Å². The minimum absolute atomic E-state index is 0.0300. The summed E-state index contributed by atoms with van der Waals surface area (Å²) in [4.78, 5) is 33.5. The second-order valence-electron chi connectivity index (χ2n) is 15.9. The van der Waals surface area contributed by atoms with E-state index in [1.165, 1.54) is 0 Å². The van der Waals surface area contributed by atoms with Crippen molar-refractivity contribution in [3.63, 3.8) is 0 Å². The van der Waals surface area contributed by atoms with Crippen molar-refractivity contribution in [3.8, 4) is 17.6 Å². The highest BCUT2D eigenvalue weighted by Gasteiger charge is 2.52. The van der Waals surface area contributed by atoms with Gasteiger partial charge in [-0.25, -0.2) is 14.6 Å². The molecule has 6 rings (SSSR count). The van der Waals surface area contributed by atoms with Crippen LogP contribution in [0.3, 0.4) is 0 Å². The summed E-state index contributed by atoms with van der Waals surface area (Å²) in [6.07, 6.45) is 1.13. The first kappa shape index (κ1) is 46.3. The topological polar surface area (TPSA) is 165 Å². The fourth-order valence-corrected chi connectivity index (χ4v) is 9.55. The van der Waals surface area contributed by atoms with E-state index in [4.69, 9.17) is 33.0 Å². The fourth-order valence-electron chi connectivity index (χ4n) is 7.77. The Hall–Kier alpha value is -5.24. The number of nitriles is 1. The van der Waals surface area contributed by atoms with Gasteiger partial charge in [-0.2, -0.15) is 10.2 Å². The Bertz CT molecular complexity index is 2280. The van der Waals surface area contributed by atoms with Crippen molar-refractivity contribution in [3.05, 3.63) is 112 Å². The van der Waals surface area contributed by atoms with Crippen molar-refractivity contribution in [2.45, 2.75) is 76.3 Å². The van der Waals surface area contributed by atoms with E-state index < -0.39 is 44.2 Å². The minimum atomic E-state index is -1.75. The molecule has 3 aromatic carbocycles. The lowest BCUT2D eigenvalue weighted by atomic mass is 9.80. The fraction of sp³-hybridized carbons (Fsp3) is 0.444. The average Bonchev–Trinajstić information content (AvgIpc) is 3.85. The summed E-state index contributed by atoms with van der Waals surface area (Å²) in [5.74, 6) is 1.53. The smallest absolute Gasteiger partial charge is 0.280 e. The summed E-state index contributed by atoms with van der Waals surface area (Å²) in [5, 5.41) is 9.51. The van der Waals surface area contributed by atoms with Crippen LogP contribution in [0, 0.1) is 11.3 Å². The number of aliphatic imine (C=N–C) groups is 1. The molecule has 2 aromatic heterocycles. The molecule has 5 atom stereocenters. The Morgan fingerprint density at radius 3 is 2.06 bits per heavy atom. The Morgan fingerprint density at radius 2 is 1.53 bits per heavy atom. The monoisotopic (exact) mass is 867 g/mol. The number of aromatic amines is 1. The van der Waals surface area contributed by atoms with Crippen LogP contribution in [0.25, 0.3) is 11.2 Å². The minimum Gasteiger partial charge on any atom is -0.497 e. The predicted octanol–water partition coefficient (Wildman–Crippen LogP) is 6.86. The normalized spacial score (nSPS) is 18.7. The molecule has 0 aliphatic carbocycles. The largest absolute Gasteiger partial charge is 0.497 e. The molecule has 17 heteroatoms. The number of ether oxygens (including phenoxy) is 4. The summed E-state index contributed by atoms with van der Waals surface area (Å²) < 4.78 is 43.5. The molecule has 0 spiro atoms. The molecule has 5 aromatic rings. The van der Waals surface area contributed by atoms with Gasteiger partial charge >= 0.3 is 0 Å². The van der Waals surface area contributed by atoms with Gasteiger partial charge in [-0.15, -0.1) is 0 Å². The third kappa shape index (κ3) is 10.0. The van der Waals surface area contributed by atoms with E-state index in [-0.39, 0.29) is 43.2 Å². The van der Waals surface area contributed by atoms with Crippen molar-refractivity contribution in [2.75, 3.05) is 55.6 Å². The number of methoxy groups -OCH3 is 2. The highest BCUT2D eigenvalue weighted by atomic mass is 31.2. The number of benzene rings is 3. The zero-order chi connectivity index (χ0) is 44.6. The Kier molecular flexibility index (Phi) is 15.5. The van der Waals surface area contributed by atoms with Crippen molar-refractivity contribution in [1.29, 1.82) is 5.26 Å². The lowest BCUT2D eigenvalue weighted by molar-refractivity contribution is -0.0919. The van der Waals surface area contributed by atoms with Gasteiger partial charge in [-0.1, -0.05) is 54.6 Å². The third-order valence-electron chi connectivity index (χ3n) is 10.5. The van der Waals surface area contributed by atoms with Crippen LogP contribution in [0.1, 0.15) is 57.0 Å². The first-order chi connectivity index (χ1) is 29.8. The Balaban J connectivity index is 1.52. The van der Waals surface area contributed by atoms with E-state index in [0.29, 0.717) is 17.1 Å². The molecule has 16 nitrogen and oxygen atoms in total. The number of nitrogens with zero attached hydrogens (tertiary/aromatic N) is 8. The van der Waals surface area contributed by atoms with E-state index in [9.17, 15) is 10.1 Å². The number of nitrogens with one attached hydrogen (secondary N) is 1. The number of likely N-dealkylation sites (N-methyl/N-ethyl adjacent to an activating group) is 1. The number of hydrogen-bond donors (Lipinski definition) is 1. The third-order valence-corrected chi connectivity index (χ3v) is 12.7. The van der Waals surface area contributed by atoms with Crippen LogP contribution >= 0.6 is 8.53 Å². The van der Waals surface area contributed by atoms with Gasteiger partial charge in [-0.05, 0) is 82.7 Å². The first-order valence-corrected chi connectivity index (χ1v) is 21.7. The summed E-state index contributed by atoms with van der Waals surface area (Å²) in [5.41, 5.74) is 1.44. The molecular formula is C45H58N9O7P. The number of imidazole rings is 1. The summed E-state index contributed by atoms with van der Waals surface area (Å²) in [6.45, 7) is 8.60. The van der Waals surface area contributed by atoms with E-state index in [2.05, 4.69) is 53.4 Å². The van der Waals surface area contributed by atoms with Gasteiger partial charge in [0.15, 0.2) is 17.4 Å². The van der Waals surface area contributed by atoms with Crippen LogP contribution in [0.2, 0.25) is 0 Å². The Labute approximate surface area is 365 Å². The molecule has 1 N–H and O–H groups in total. The maximum absolute atomic E-state index is 13.4.